The van der Waals surface area contributed by atoms with E-state index in [9.17, 15) is 22.4 Å². The number of aromatic nitrogens is 1. The number of ether oxygens (including phenoxy) is 1. The third-order valence-corrected chi connectivity index (χ3v) is 5.42. The number of sulfonamides is 1. The number of benzene rings is 1. The van der Waals surface area contributed by atoms with E-state index in [1.165, 1.54) is 49.1 Å². The van der Waals surface area contributed by atoms with Crippen LogP contribution in [0.15, 0.2) is 41.4 Å². The molecule has 0 atom stereocenters. The van der Waals surface area contributed by atoms with Crippen molar-refractivity contribution in [1.29, 1.82) is 0 Å². The predicted molar refractivity (Wildman–Crippen MR) is 96.2 cm³/mol. The predicted octanol–water partition coefficient (Wildman–Crippen LogP) is 1.60. The van der Waals surface area contributed by atoms with Crippen LogP contribution in [0.2, 0.25) is 0 Å². The highest BCUT2D eigenvalue weighted by Crippen LogP contribution is 2.18. The molecule has 146 valence electrons. The lowest BCUT2D eigenvalue weighted by molar-refractivity contribution is -0.116. The number of likely N-dealkylation sites (N-methyl/N-ethyl adjacent to an activating group) is 1. The second kappa shape index (κ2) is 8.31. The maximum atomic E-state index is 13.2. The van der Waals surface area contributed by atoms with Crippen molar-refractivity contribution < 1.29 is 27.1 Å². The minimum atomic E-state index is -4.01. The standard InChI is InChI=1S/C17H20FN3O5S/c1-4-26-17(23)15-9-14(10-20(15)2)27(24,25)21(3)11-16(22)19-13-7-5-6-12(18)8-13/h5-10H,4,11H2,1-3H3,(H,19,22). The van der Waals surface area contributed by atoms with Crippen LogP contribution >= 0.6 is 0 Å². The quantitative estimate of drug-likeness (QED) is 0.716. The summed E-state index contributed by atoms with van der Waals surface area (Å²) in [6.07, 6.45) is 1.27. The largest absolute Gasteiger partial charge is 0.461 e. The van der Waals surface area contributed by atoms with E-state index in [1.54, 1.807) is 6.92 Å². The molecule has 1 aromatic carbocycles. The molecule has 0 aliphatic rings. The fraction of sp³-hybridized carbons (Fsp3) is 0.294. The number of hydrogen-bond acceptors (Lipinski definition) is 5. The topological polar surface area (TPSA) is 97.7 Å². The molecular weight excluding hydrogens is 377 g/mol. The van der Waals surface area contributed by atoms with Crippen molar-refractivity contribution in [3.8, 4) is 0 Å². The van der Waals surface area contributed by atoms with Crippen LogP contribution in [-0.4, -0.2) is 49.4 Å². The SMILES string of the molecule is CCOC(=O)c1cc(S(=O)(=O)N(C)CC(=O)Nc2cccc(F)c2)cn1C. The maximum absolute atomic E-state index is 13.2. The lowest BCUT2D eigenvalue weighted by atomic mass is 10.3. The summed E-state index contributed by atoms with van der Waals surface area (Å²) in [6.45, 7) is 1.32. The molecule has 8 nitrogen and oxygen atoms in total. The van der Waals surface area contributed by atoms with Crippen molar-refractivity contribution >= 4 is 27.6 Å². The number of nitrogens with one attached hydrogen (secondary N) is 1. The molecule has 2 rings (SSSR count). The van der Waals surface area contributed by atoms with Gasteiger partial charge >= 0.3 is 5.97 Å². The number of esters is 1. The fourth-order valence-corrected chi connectivity index (χ4v) is 3.52. The highest BCUT2D eigenvalue weighted by atomic mass is 32.2. The molecule has 0 fully saturated rings. The third kappa shape index (κ3) is 4.92. The second-order valence-electron chi connectivity index (χ2n) is 5.71. The van der Waals surface area contributed by atoms with Gasteiger partial charge in [-0.15, -0.1) is 0 Å². The number of nitrogens with zero attached hydrogens (tertiary/aromatic N) is 2. The average molecular weight is 397 g/mol. The van der Waals surface area contributed by atoms with Crippen molar-refractivity contribution in [2.75, 3.05) is 25.5 Å². The molecule has 2 aromatic rings. The van der Waals surface area contributed by atoms with Crippen LogP contribution in [0.25, 0.3) is 0 Å². The Bertz CT molecular complexity index is 955. The van der Waals surface area contributed by atoms with Crippen molar-refractivity contribution in [1.82, 2.24) is 8.87 Å². The zero-order chi connectivity index (χ0) is 20.2. The Morgan fingerprint density at radius 2 is 2.00 bits per heavy atom. The number of rotatable bonds is 7. The lowest BCUT2D eigenvalue weighted by Gasteiger charge is -2.16. The Labute approximate surface area is 156 Å². The second-order valence-corrected chi connectivity index (χ2v) is 7.76. The zero-order valence-electron chi connectivity index (χ0n) is 15.1. The smallest absolute Gasteiger partial charge is 0.354 e. The zero-order valence-corrected chi connectivity index (χ0v) is 15.9. The van der Waals surface area contributed by atoms with Crippen LogP contribution < -0.4 is 5.32 Å². The molecule has 10 heteroatoms. The molecule has 0 unspecified atom stereocenters. The molecule has 1 N–H and O–H groups in total. The summed E-state index contributed by atoms with van der Waals surface area (Å²) < 4.78 is 45.5. The molecule has 27 heavy (non-hydrogen) atoms. The van der Waals surface area contributed by atoms with Gasteiger partial charge in [-0.3, -0.25) is 4.79 Å². The summed E-state index contributed by atoms with van der Waals surface area (Å²) in [5.41, 5.74) is 0.295. The molecule has 0 radical (unpaired) electrons. The maximum Gasteiger partial charge on any atom is 0.354 e. The minimum absolute atomic E-state index is 0.0769. The van der Waals surface area contributed by atoms with Gasteiger partial charge in [-0.05, 0) is 31.2 Å². The van der Waals surface area contributed by atoms with Crippen LogP contribution in [0.3, 0.4) is 0 Å². The van der Waals surface area contributed by atoms with Crippen LogP contribution in [0.5, 0.6) is 0 Å². The van der Waals surface area contributed by atoms with E-state index in [-0.39, 0.29) is 22.9 Å². The summed E-state index contributed by atoms with van der Waals surface area (Å²) >= 11 is 0. The average Bonchev–Trinajstić information content (AvgIpc) is 2.97. The van der Waals surface area contributed by atoms with Gasteiger partial charge in [0.15, 0.2) is 0 Å². The van der Waals surface area contributed by atoms with E-state index in [0.29, 0.717) is 0 Å². The first kappa shape index (κ1) is 20.6. The van der Waals surface area contributed by atoms with Gasteiger partial charge in [-0.1, -0.05) is 6.07 Å². The van der Waals surface area contributed by atoms with Crippen molar-refractivity contribution in [3.63, 3.8) is 0 Å². The van der Waals surface area contributed by atoms with Gasteiger partial charge in [0, 0.05) is 26.0 Å². The lowest BCUT2D eigenvalue weighted by Crippen LogP contribution is -2.34. The highest BCUT2D eigenvalue weighted by molar-refractivity contribution is 7.89. The molecule has 0 aliphatic carbocycles. The number of amides is 1. The summed E-state index contributed by atoms with van der Waals surface area (Å²) in [7, 11) is -1.27. The van der Waals surface area contributed by atoms with E-state index in [4.69, 9.17) is 4.74 Å². The van der Waals surface area contributed by atoms with E-state index in [2.05, 4.69) is 5.32 Å². The molecule has 0 aliphatic heterocycles. The highest BCUT2D eigenvalue weighted by Gasteiger charge is 2.26. The number of anilines is 1. The molecule has 0 saturated heterocycles. The monoisotopic (exact) mass is 397 g/mol. The van der Waals surface area contributed by atoms with Gasteiger partial charge in [0.1, 0.15) is 16.4 Å². The van der Waals surface area contributed by atoms with Gasteiger partial charge in [-0.25, -0.2) is 17.6 Å². The molecule has 1 amide bonds. The Kier molecular flexibility index (Phi) is 6.34. The first-order valence-electron chi connectivity index (χ1n) is 8.00. The summed E-state index contributed by atoms with van der Waals surface area (Å²) in [5, 5.41) is 2.42. The first-order valence-corrected chi connectivity index (χ1v) is 9.44. The van der Waals surface area contributed by atoms with Gasteiger partial charge in [-0.2, -0.15) is 4.31 Å². The van der Waals surface area contributed by atoms with Gasteiger partial charge in [0.25, 0.3) is 0 Å². The summed E-state index contributed by atoms with van der Waals surface area (Å²) in [6, 6.07) is 6.44. The number of hydrogen-bond donors (Lipinski definition) is 1. The van der Waals surface area contributed by atoms with Gasteiger partial charge in [0.05, 0.1) is 13.2 Å². The van der Waals surface area contributed by atoms with Crippen LogP contribution in [0.4, 0.5) is 10.1 Å². The Balaban J connectivity index is 2.13. The molecular formula is C17H20FN3O5S. The summed E-state index contributed by atoms with van der Waals surface area (Å²) in [4.78, 5) is 23.8. The number of aryl methyl sites for hydroxylation is 1. The van der Waals surface area contributed by atoms with Gasteiger partial charge in [0.2, 0.25) is 15.9 Å². The molecule has 1 heterocycles. The summed E-state index contributed by atoms with van der Waals surface area (Å²) in [5.74, 6) is -1.80. The van der Waals surface area contributed by atoms with Crippen molar-refractivity contribution in [2.45, 2.75) is 11.8 Å². The van der Waals surface area contributed by atoms with Crippen LogP contribution in [0.1, 0.15) is 17.4 Å². The fourth-order valence-electron chi connectivity index (χ4n) is 2.32. The minimum Gasteiger partial charge on any atom is -0.461 e. The van der Waals surface area contributed by atoms with Crippen LogP contribution in [0, 0.1) is 5.82 Å². The molecule has 0 bridgehead atoms. The van der Waals surface area contributed by atoms with Crippen LogP contribution in [-0.2, 0) is 26.6 Å². The van der Waals surface area contributed by atoms with Gasteiger partial charge < -0.3 is 14.6 Å². The Morgan fingerprint density at radius 1 is 1.30 bits per heavy atom. The van der Waals surface area contributed by atoms with E-state index >= 15 is 0 Å². The number of carbonyl (C=O) groups excluding carboxylic acids is 2. The van der Waals surface area contributed by atoms with Crippen molar-refractivity contribution in [3.05, 3.63) is 48.0 Å². The van der Waals surface area contributed by atoms with Crippen molar-refractivity contribution in [2.24, 2.45) is 7.05 Å². The molecule has 1 aromatic heterocycles. The molecule has 0 saturated carbocycles. The normalized spacial score (nSPS) is 11.4. The Morgan fingerprint density at radius 3 is 2.63 bits per heavy atom. The molecule has 0 spiro atoms. The number of carbonyl (C=O) groups is 2. The third-order valence-electron chi connectivity index (χ3n) is 3.65. The first-order chi connectivity index (χ1) is 12.6. The van der Waals surface area contributed by atoms with E-state index in [1.807, 2.05) is 0 Å². The Hall–Kier alpha value is -2.72. The van der Waals surface area contributed by atoms with E-state index in [0.717, 1.165) is 10.4 Å². The number of halogens is 1. The van der Waals surface area contributed by atoms with E-state index < -0.39 is 34.3 Å².